The number of nitrogens with two attached hydrogens (primary N) is 1. The predicted molar refractivity (Wildman–Crippen MR) is 53.5 cm³/mol. The SMILES string of the molecule is CC(C)[C@@H](N)C(=O)Nc1cnccn1. The van der Waals surface area contributed by atoms with Gasteiger partial charge in [-0.25, -0.2) is 4.98 Å². The minimum Gasteiger partial charge on any atom is -0.320 e. The number of hydrogen-bond donors (Lipinski definition) is 2. The third kappa shape index (κ3) is 2.77. The topological polar surface area (TPSA) is 80.9 Å². The monoisotopic (exact) mass is 194 g/mol. The van der Waals surface area contributed by atoms with Crippen molar-refractivity contribution in [3.05, 3.63) is 18.6 Å². The summed E-state index contributed by atoms with van der Waals surface area (Å²) in [5.74, 6) is 0.292. The van der Waals surface area contributed by atoms with E-state index >= 15 is 0 Å². The summed E-state index contributed by atoms with van der Waals surface area (Å²) in [6, 6.07) is -0.517. The first kappa shape index (κ1) is 10.6. The summed E-state index contributed by atoms with van der Waals surface area (Å²) in [6.07, 6.45) is 4.53. The van der Waals surface area contributed by atoms with Crippen LogP contribution in [0.4, 0.5) is 5.82 Å². The lowest BCUT2D eigenvalue weighted by Gasteiger charge is -2.14. The molecule has 1 atom stereocenters. The third-order valence-corrected chi connectivity index (χ3v) is 1.84. The molecule has 0 saturated heterocycles. The lowest BCUT2D eigenvalue weighted by atomic mass is 10.1. The zero-order valence-electron chi connectivity index (χ0n) is 8.27. The largest absolute Gasteiger partial charge is 0.320 e. The molecule has 14 heavy (non-hydrogen) atoms. The van der Waals surface area contributed by atoms with Crippen molar-refractivity contribution in [2.24, 2.45) is 11.7 Å². The van der Waals surface area contributed by atoms with E-state index in [1.807, 2.05) is 13.8 Å². The van der Waals surface area contributed by atoms with E-state index in [0.29, 0.717) is 5.82 Å². The first-order valence-electron chi connectivity index (χ1n) is 4.43. The van der Waals surface area contributed by atoms with Crippen LogP contribution in [-0.2, 0) is 4.79 Å². The van der Waals surface area contributed by atoms with Crippen LogP contribution >= 0.6 is 0 Å². The van der Waals surface area contributed by atoms with Crippen LogP contribution in [-0.4, -0.2) is 21.9 Å². The average Bonchev–Trinajstić information content (AvgIpc) is 2.18. The molecule has 0 aliphatic heterocycles. The van der Waals surface area contributed by atoms with E-state index in [9.17, 15) is 4.79 Å². The van der Waals surface area contributed by atoms with Crippen LogP contribution in [0.15, 0.2) is 18.6 Å². The van der Waals surface area contributed by atoms with Crippen molar-refractivity contribution >= 4 is 11.7 Å². The quantitative estimate of drug-likeness (QED) is 0.729. The molecule has 1 aromatic heterocycles. The predicted octanol–water partition coefficient (Wildman–Crippen LogP) is 0.398. The second-order valence-corrected chi connectivity index (χ2v) is 3.35. The first-order chi connectivity index (χ1) is 6.61. The Morgan fingerprint density at radius 1 is 1.50 bits per heavy atom. The van der Waals surface area contributed by atoms with Gasteiger partial charge in [-0.15, -0.1) is 0 Å². The van der Waals surface area contributed by atoms with Gasteiger partial charge in [-0.05, 0) is 5.92 Å². The Morgan fingerprint density at radius 2 is 2.21 bits per heavy atom. The second kappa shape index (κ2) is 4.66. The van der Waals surface area contributed by atoms with Gasteiger partial charge in [0.25, 0.3) is 0 Å². The average molecular weight is 194 g/mol. The van der Waals surface area contributed by atoms with Crippen molar-refractivity contribution in [2.75, 3.05) is 5.32 Å². The Hall–Kier alpha value is -1.49. The summed E-state index contributed by atoms with van der Waals surface area (Å²) in [5, 5.41) is 2.59. The highest BCUT2D eigenvalue weighted by Gasteiger charge is 2.17. The maximum Gasteiger partial charge on any atom is 0.242 e. The standard InChI is InChI=1S/C9H14N4O/c1-6(2)8(10)9(14)13-7-5-11-3-4-12-7/h3-6,8H,10H2,1-2H3,(H,12,13,14)/t8-/m1/s1. The fraction of sp³-hybridized carbons (Fsp3) is 0.444. The molecule has 0 saturated carbocycles. The Balaban J connectivity index is 2.58. The number of carbonyl (C=O) groups excluding carboxylic acids is 1. The normalized spacial score (nSPS) is 12.6. The highest BCUT2D eigenvalue weighted by atomic mass is 16.2. The van der Waals surface area contributed by atoms with Crippen LogP contribution in [0.1, 0.15) is 13.8 Å². The van der Waals surface area contributed by atoms with Crippen LogP contribution in [0.2, 0.25) is 0 Å². The molecule has 0 aliphatic carbocycles. The van der Waals surface area contributed by atoms with Crippen LogP contribution in [0.3, 0.4) is 0 Å². The maximum absolute atomic E-state index is 11.5. The van der Waals surface area contributed by atoms with Gasteiger partial charge in [0, 0.05) is 12.4 Å². The molecule has 5 heteroatoms. The molecule has 1 amide bonds. The van der Waals surface area contributed by atoms with E-state index in [-0.39, 0.29) is 11.8 Å². The Kier molecular flexibility index (Phi) is 3.53. The van der Waals surface area contributed by atoms with Gasteiger partial charge in [-0.1, -0.05) is 13.8 Å². The Bertz CT molecular complexity index is 299. The van der Waals surface area contributed by atoms with Crippen LogP contribution < -0.4 is 11.1 Å². The van der Waals surface area contributed by atoms with Gasteiger partial charge >= 0.3 is 0 Å². The molecule has 0 bridgehead atoms. The summed E-state index contributed by atoms with van der Waals surface area (Å²) in [4.78, 5) is 19.2. The van der Waals surface area contributed by atoms with Crippen LogP contribution in [0.25, 0.3) is 0 Å². The molecule has 1 aromatic rings. The molecule has 0 spiro atoms. The molecule has 0 unspecified atom stereocenters. The fourth-order valence-corrected chi connectivity index (χ4v) is 0.876. The Labute approximate surface area is 82.7 Å². The van der Waals surface area contributed by atoms with Crippen molar-refractivity contribution in [1.29, 1.82) is 0 Å². The number of carbonyl (C=O) groups is 1. The molecule has 3 N–H and O–H groups in total. The van der Waals surface area contributed by atoms with E-state index in [2.05, 4.69) is 15.3 Å². The van der Waals surface area contributed by atoms with Crippen molar-refractivity contribution in [3.8, 4) is 0 Å². The van der Waals surface area contributed by atoms with Gasteiger partial charge in [0.15, 0.2) is 5.82 Å². The number of amides is 1. The van der Waals surface area contributed by atoms with Crippen LogP contribution in [0.5, 0.6) is 0 Å². The molecule has 1 rings (SSSR count). The van der Waals surface area contributed by atoms with Gasteiger partial charge < -0.3 is 11.1 Å². The number of hydrogen-bond acceptors (Lipinski definition) is 4. The van der Waals surface area contributed by atoms with E-state index in [1.54, 1.807) is 0 Å². The van der Waals surface area contributed by atoms with Gasteiger partial charge in [-0.2, -0.15) is 0 Å². The van der Waals surface area contributed by atoms with Gasteiger partial charge in [0.1, 0.15) is 0 Å². The second-order valence-electron chi connectivity index (χ2n) is 3.35. The molecule has 76 valence electrons. The van der Waals surface area contributed by atoms with Crippen molar-refractivity contribution in [2.45, 2.75) is 19.9 Å². The van der Waals surface area contributed by atoms with Gasteiger partial charge in [-0.3, -0.25) is 9.78 Å². The van der Waals surface area contributed by atoms with Crippen molar-refractivity contribution < 1.29 is 4.79 Å². The summed E-state index contributed by atoms with van der Waals surface area (Å²) in [5.41, 5.74) is 5.65. The van der Waals surface area contributed by atoms with E-state index in [1.165, 1.54) is 18.6 Å². The molecular formula is C9H14N4O. The summed E-state index contributed by atoms with van der Waals surface area (Å²) in [7, 11) is 0. The van der Waals surface area contributed by atoms with Gasteiger partial charge in [0.05, 0.1) is 12.2 Å². The number of aromatic nitrogens is 2. The number of rotatable bonds is 3. The summed E-state index contributed by atoms with van der Waals surface area (Å²) < 4.78 is 0. The smallest absolute Gasteiger partial charge is 0.242 e. The summed E-state index contributed by atoms with van der Waals surface area (Å²) in [6.45, 7) is 3.78. The molecule has 1 heterocycles. The minimum absolute atomic E-state index is 0.103. The third-order valence-electron chi connectivity index (χ3n) is 1.84. The number of nitrogens with one attached hydrogen (secondary N) is 1. The lowest BCUT2D eigenvalue weighted by molar-refractivity contribution is -0.118. The highest BCUT2D eigenvalue weighted by molar-refractivity contribution is 5.93. The molecular weight excluding hydrogens is 180 g/mol. The molecule has 0 radical (unpaired) electrons. The van der Waals surface area contributed by atoms with Crippen molar-refractivity contribution in [1.82, 2.24) is 9.97 Å². The van der Waals surface area contributed by atoms with Crippen LogP contribution in [0, 0.1) is 5.92 Å². The molecule has 0 aliphatic rings. The lowest BCUT2D eigenvalue weighted by Crippen LogP contribution is -2.39. The van der Waals surface area contributed by atoms with E-state index < -0.39 is 6.04 Å². The van der Waals surface area contributed by atoms with Crippen molar-refractivity contribution in [3.63, 3.8) is 0 Å². The number of nitrogens with zero attached hydrogens (tertiary/aromatic N) is 2. The minimum atomic E-state index is -0.517. The van der Waals surface area contributed by atoms with E-state index in [4.69, 9.17) is 5.73 Å². The Morgan fingerprint density at radius 3 is 2.71 bits per heavy atom. The van der Waals surface area contributed by atoms with E-state index in [0.717, 1.165) is 0 Å². The molecule has 0 aromatic carbocycles. The zero-order valence-corrected chi connectivity index (χ0v) is 8.27. The zero-order chi connectivity index (χ0) is 10.6. The maximum atomic E-state index is 11.5. The number of anilines is 1. The fourth-order valence-electron chi connectivity index (χ4n) is 0.876. The molecule has 5 nitrogen and oxygen atoms in total. The van der Waals surface area contributed by atoms with Gasteiger partial charge in [0.2, 0.25) is 5.91 Å². The highest BCUT2D eigenvalue weighted by Crippen LogP contribution is 2.03. The molecule has 0 fully saturated rings. The first-order valence-corrected chi connectivity index (χ1v) is 4.43. The summed E-state index contributed by atoms with van der Waals surface area (Å²) >= 11 is 0.